The van der Waals surface area contributed by atoms with E-state index in [4.69, 9.17) is 11.6 Å². The molecule has 1 aromatic rings. The third-order valence-corrected chi connectivity index (χ3v) is 1.51. The van der Waals surface area contributed by atoms with Crippen LogP contribution in [0.5, 0.6) is 0 Å². The highest BCUT2D eigenvalue weighted by Gasteiger charge is 1.95. The van der Waals surface area contributed by atoms with Crippen LogP contribution in [0.4, 0.5) is 0 Å². The lowest BCUT2D eigenvalue weighted by Crippen LogP contribution is -1.84. The van der Waals surface area contributed by atoms with Crippen molar-refractivity contribution in [1.29, 1.82) is 0 Å². The van der Waals surface area contributed by atoms with Crippen LogP contribution in [-0.4, -0.2) is 6.29 Å². The molecule has 0 saturated carbocycles. The van der Waals surface area contributed by atoms with Crippen molar-refractivity contribution >= 4 is 17.9 Å². The van der Waals surface area contributed by atoms with Crippen LogP contribution in [0, 0.1) is 13.0 Å². The summed E-state index contributed by atoms with van der Waals surface area (Å²) < 4.78 is 0. The molecule has 0 atom stereocenters. The Kier molecular flexibility index (Phi) is 2.07. The minimum atomic E-state index is 0.479. The zero-order valence-electron chi connectivity index (χ0n) is 5.52. The van der Waals surface area contributed by atoms with Gasteiger partial charge < -0.3 is 0 Å². The van der Waals surface area contributed by atoms with Gasteiger partial charge in [-0.05, 0) is 24.6 Å². The summed E-state index contributed by atoms with van der Waals surface area (Å²) in [4.78, 5) is 10.3. The van der Waals surface area contributed by atoms with Crippen LogP contribution >= 0.6 is 11.6 Å². The highest BCUT2D eigenvalue weighted by atomic mass is 35.5. The number of hydrogen-bond donors (Lipinski definition) is 0. The van der Waals surface area contributed by atoms with Gasteiger partial charge in [-0.3, -0.25) is 4.79 Å². The van der Waals surface area contributed by atoms with Gasteiger partial charge in [0.1, 0.15) is 6.29 Å². The van der Waals surface area contributed by atoms with Crippen LogP contribution in [0.3, 0.4) is 0 Å². The van der Waals surface area contributed by atoms with Gasteiger partial charge in [-0.2, -0.15) is 0 Å². The predicted molar refractivity (Wildman–Crippen MR) is 40.4 cm³/mol. The average Bonchev–Trinajstić information content (AvgIpc) is 1.94. The maximum absolute atomic E-state index is 10.3. The molecule has 0 amide bonds. The summed E-state index contributed by atoms with van der Waals surface area (Å²) in [7, 11) is 0. The summed E-state index contributed by atoms with van der Waals surface area (Å²) in [6, 6.07) is 6.08. The van der Waals surface area contributed by atoms with Crippen molar-refractivity contribution in [3.8, 4) is 0 Å². The van der Waals surface area contributed by atoms with Crippen molar-refractivity contribution in [3.05, 3.63) is 34.3 Å². The highest BCUT2D eigenvalue weighted by Crippen LogP contribution is 2.12. The van der Waals surface area contributed by atoms with Gasteiger partial charge >= 0.3 is 0 Å². The standard InChI is InChI=1S/C8H6ClO/c1-6-2-3-8(9)4-7(6)5-10/h2,4-5H,1H3. The Balaban J connectivity index is 3.21. The summed E-state index contributed by atoms with van der Waals surface area (Å²) in [5.41, 5.74) is 1.53. The second kappa shape index (κ2) is 2.84. The predicted octanol–water partition coefficient (Wildman–Crippen LogP) is 2.26. The molecule has 1 rings (SSSR count). The monoisotopic (exact) mass is 153 g/mol. The lowest BCUT2D eigenvalue weighted by molar-refractivity contribution is 0.112. The minimum absolute atomic E-state index is 0.479. The molecule has 0 aliphatic heterocycles. The number of halogens is 1. The zero-order chi connectivity index (χ0) is 7.56. The summed E-state index contributed by atoms with van der Waals surface area (Å²) in [6.07, 6.45) is 0.787. The van der Waals surface area contributed by atoms with Gasteiger partial charge in [0.15, 0.2) is 0 Å². The third kappa shape index (κ3) is 1.36. The molecule has 1 nitrogen and oxygen atoms in total. The van der Waals surface area contributed by atoms with Crippen molar-refractivity contribution < 1.29 is 4.79 Å². The molecule has 0 aromatic heterocycles. The number of hydrogen-bond acceptors (Lipinski definition) is 1. The summed E-state index contributed by atoms with van der Waals surface area (Å²) in [5, 5.41) is 0.479. The number of carbonyl (C=O) groups is 1. The van der Waals surface area contributed by atoms with Crippen molar-refractivity contribution in [2.45, 2.75) is 6.92 Å². The first-order valence-corrected chi connectivity index (χ1v) is 3.25. The molecule has 10 heavy (non-hydrogen) atoms. The number of aryl methyl sites for hydroxylation is 1. The van der Waals surface area contributed by atoms with Crippen molar-refractivity contribution in [2.24, 2.45) is 0 Å². The number of benzene rings is 1. The summed E-state index contributed by atoms with van der Waals surface area (Å²) in [5.74, 6) is 0. The Labute approximate surface area is 64.6 Å². The fourth-order valence-electron chi connectivity index (χ4n) is 0.680. The number of rotatable bonds is 1. The second-order valence-corrected chi connectivity index (χ2v) is 2.44. The minimum Gasteiger partial charge on any atom is -0.298 e. The van der Waals surface area contributed by atoms with Crippen molar-refractivity contribution in [3.63, 3.8) is 0 Å². The first-order valence-electron chi connectivity index (χ1n) is 2.87. The topological polar surface area (TPSA) is 17.1 Å². The van der Waals surface area contributed by atoms with Crippen LogP contribution in [-0.2, 0) is 0 Å². The van der Waals surface area contributed by atoms with Gasteiger partial charge in [0.05, 0.1) is 0 Å². The van der Waals surface area contributed by atoms with Gasteiger partial charge in [0.25, 0.3) is 0 Å². The lowest BCUT2D eigenvalue weighted by atomic mass is 10.1. The normalized spacial score (nSPS) is 9.40. The number of aldehydes is 1. The van der Waals surface area contributed by atoms with E-state index < -0.39 is 0 Å². The van der Waals surface area contributed by atoms with Gasteiger partial charge in [0, 0.05) is 16.7 Å². The summed E-state index contributed by atoms with van der Waals surface area (Å²) >= 11 is 5.58. The highest BCUT2D eigenvalue weighted by molar-refractivity contribution is 6.30. The Morgan fingerprint density at radius 3 is 2.90 bits per heavy atom. The fraction of sp³-hybridized carbons (Fsp3) is 0.125. The van der Waals surface area contributed by atoms with Crippen LogP contribution < -0.4 is 0 Å². The Hall–Kier alpha value is -0.820. The van der Waals surface area contributed by atoms with Gasteiger partial charge in [-0.15, -0.1) is 0 Å². The Morgan fingerprint density at radius 1 is 1.70 bits per heavy atom. The van der Waals surface area contributed by atoms with Crippen LogP contribution in [0.2, 0.25) is 5.02 Å². The molecular weight excluding hydrogens is 148 g/mol. The van der Waals surface area contributed by atoms with Gasteiger partial charge in [-0.25, -0.2) is 0 Å². The largest absolute Gasteiger partial charge is 0.298 e. The van der Waals surface area contributed by atoms with Crippen molar-refractivity contribution in [1.82, 2.24) is 0 Å². The van der Waals surface area contributed by atoms with E-state index in [9.17, 15) is 4.79 Å². The first-order chi connectivity index (χ1) is 4.74. The van der Waals surface area contributed by atoms with E-state index in [2.05, 4.69) is 6.07 Å². The molecule has 0 aliphatic carbocycles. The van der Waals surface area contributed by atoms with Gasteiger partial charge in [0.2, 0.25) is 0 Å². The number of carbonyl (C=O) groups excluding carboxylic acids is 1. The molecule has 0 bridgehead atoms. The SMILES string of the molecule is Cc1c[c]c(Cl)cc1C=O. The molecule has 1 aromatic carbocycles. The van der Waals surface area contributed by atoms with Crippen molar-refractivity contribution in [2.75, 3.05) is 0 Å². The molecule has 0 fully saturated rings. The van der Waals surface area contributed by atoms with E-state index >= 15 is 0 Å². The maximum Gasteiger partial charge on any atom is 0.150 e. The average molecular weight is 154 g/mol. The third-order valence-electron chi connectivity index (χ3n) is 1.29. The maximum atomic E-state index is 10.3. The molecule has 0 unspecified atom stereocenters. The molecule has 0 spiro atoms. The van der Waals surface area contributed by atoms with Crippen LogP contribution in [0.15, 0.2) is 12.1 Å². The molecule has 0 heterocycles. The Morgan fingerprint density at radius 2 is 2.40 bits per heavy atom. The molecular formula is C8H6ClO. The molecule has 0 N–H and O–H groups in total. The lowest BCUT2D eigenvalue weighted by Gasteiger charge is -1.95. The molecule has 0 saturated heterocycles. The van der Waals surface area contributed by atoms with E-state index in [0.29, 0.717) is 10.6 Å². The quantitative estimate of drug-likeness (QED) is 0.566. The van der Waals surface area contributed by atoms with E-state index in [1.54, 1.807) is 12.1 Å². The second-order valence-electron chi connectivity index (χ2n) is 2.04. The molecule has 2 heteroatoms. The van der Waals surface area contributed by atoms with E-state index in [0.717, 1.165) is 11.8 Å². The zero-order valence-corrected chi connectivity index (χ0v) is 6.27. The molecule has 51 valence electrons. The Bertz CT molecular complexity index is 255. The van der Waals surface area contributed by atoms with Gasteiger partial charge in [-0.1, -0.05) is 11.6 Å². The molecule has 0 aliphatic rings. The van der Waals surface area contributed by atoms with Crippen LogP contribution in [0.25, 0.3) is 0 Å². The molecule has 1 radical (unpaired) electrons. The van der Waals surface area contributed by atoms with Crippen LogP contribution in [0.1, 0.15) is 15.9 Å². The fourth-order valence-corrected chi connectivity index (χ4v) is 0.852. The van der Waals surface area contributed by atoms with E-state index in [1.165, 1.54) is 0 Å². The van der Waals surface area contributed by atoms with E-state index in [-0.39, 0.29) is 0 Å². The smallest absolute Gasteiger partial charge is 0.150 e. The summed E-state index contributed by atoms with van der Waals surface area (Å²) in [6.45, 7) is 1.84. The first kappa shape index (κ1) is 7.29. The van der Waals surface area contributed by atoms with E-state index in [1.807, 2.05) is 6.92 Å².